The minimum atomic E-state index is -0.967. The fraction of sp³-hybridized carbons (Fsp3) is 0.273. The van der Waals surface area contributed by atoms with E-state index in [-0.39, 0.29) is 4.92 Å². The highest BCUT2D eigenvalue weighted by Gasteiger charge is 2.44. The monoisotopic (exact) mass is 255 g/mol. The summed E-state index contributed by atoms with van der Waals surface area (Å²) in [5.74, 6) is 0. The molecule has 5 heteroatoms. The van der Waals surface area contributed by atoms with Crippen LogP contribution in [0.3, 0.4) is 0 Å². The van der Waals surface area contributed by atoms with Crippen molar-refractivity contribution in [3.63, 3.8) is 0 Å². The number of thioether (sulfide) groups is 1. The van der Waals surface area contributed by atoms with Gasteiger partial charge in [0.25, 0.3) is 4.87 Å². The molecule has 0 N–H and O–H groups in total. The molecule has 0 saturated heterocycles. The summed E-state index contributed by atoms with van der Waals surface area (Å²) in [4.78, 5) is 9.97. The number of benzene rings is 1. The molecule has 1 aliphatic rings. The van der Waals surface area contributed by atoms with E-state index in [4.69, 9.17) is 11.6 Å². The summed E-state index contributed by atoms with van der Waals surface area (Å²) in [6, 6.07) is 7.27. The van der Waals surface area contributed by atoms with Gasteiger partial charge in [0, 0.05) is 16.4 Å². The fourth-order valence-electron chi connectivity index (χ4n) is 1.69. The minimum Gasteiger partial charge on any atom is -0.263 e. The average Bonchev–Trinajstić information content (AvgIpc) is 2.71. The SMILES string of the molecule is O=[N+]([O-])C1(Cc2ccccc2Cl)CC=CS1. The molecular formula is C11H10ClNO2S. The van der Waals surface area contributed by atoms with Crippen molar-refractivity contribution in [3.05, 3.63) is 56.4 Å². The average molecular weight is 256 g/mol. The lowest BCUT2D eigenvalue weighted by Crippen LogP contribution is -2.34. The van der Waals surface area contributed by atoms with Gasteiger partial charge < -0.3 is 0 Å². The molecule has 16 heavy (non-hydrogen) atoms. The summed E-state index contributed by atoms with van der Waals surface area (Å²) in [7, 11) is 0. The molecule has 0 aromatic heterocycles. The van der Waals surface area contributed by atoms with Gasteiger partial charge in [-0.15, -0.1) is 0 Å². The molecule has 1 unspecified atom stereocenters. The van der Waals surface area contributed by atoms with Crippen molar-refractivity contribution in [1.29, 1.82) is 0 Å². The van der Waals surface area contributed by atoms with Gasteiger partial charge in [-0.1, -0.05) is 47.6 Å². The number of rotatable bonds is 3. The second-order valence-corrected chi connectivity index (χ2v) is 5.34. The molecule has 2 rings (SSSR count). The van der Waals surface area contributed by atoms with Gasteiger partial charge in [-0.3, -0.25) is 10.1 Å². The quantitative estimate of drug-likeness (QED) is 0.613. The number of nitrogens with zero attached hydrogens (tertiary/aromatic N) is 1. The Hall–Kier alpha value is -1.000. The maximum absolute atomic E-state index is 11.1. The molecular weight excluding hydrogens is 246 g/mol. The van der Waals surface area contributed by atoms with Crippen molar-refractivity contribution in [3.8, 4) is 0 Å². The van der Waals surface area contributed by atoms with Gasteiger partial charge in [0.05, 0.1) is 6.42 Å². The maximum atomic E-state index is 11.1. The minimum absolute atomic E-state index is 0.207. The highest BCUT2D eigenvalue weighted by atomic mass is 35.5. The van der Waals surface area contributed by atoms with Gasteiger partial charge in [-0.05, 0) is 17.0 Å². The molecule has 0 bridgehead atoms. The van der Waals surface area contributed by atoms with Crippen LogP contribution >= 0.6 is 23.4 Å². The Morgan fingerprint density at radius 2 is 2.25 bits per heavy atom. The van der Waals surface area contributed by atoms with E-state index in [1.165, 1.54) is 11.8 Å². The highest BCUT2D eigenvalue weighted by Crippen LogP contribution is 2.40. The van der Waals surface area contributed by atoms with Gasteiger partial charge in [0.1, 0.15) is 0 Å². The maximum Gasteiger partial charge on any atom is 0.278 e. The molecule has 0 fully saturated rings. The molecule has 1 aromatic carbocycles. The predicted molar refractivity (Wildman–Crippen MR) is 66.2 cm³/mol. The molecule has 3 nitrogen and oxygen atoms in total. The Kier molecular flexibility index (Phi) is 3.21. The smallest absolute Gasteiger partial charge is 0.263 e. The Morgan fingerprint density at radius 3 is 2.81 bits per heavy atom. The summed E-state index contributed by atoms with van der Waals surface area (Å²) >= 11 is 7.28. The van der Waals surface area contributed by atoms with Gasteiger partial charge in [0.15, 0.2) is 0 Å². The Labute approximate surface area is 103 Å². The Morgan fingerprint density at radius 1 is 1.50 bits per heavy atom. The van der Waals surface area contributed by atoms with Gasteiger partial charge in [-0.25, -0.2) is 0 Å². The topological polar surface area (TPSA) is 43.1 Å². The van der Waals surface area contributed by atoms with E-state index in [2.05, 4.69) is 0 Å². The first kappa shape index (κ1) is 11.5. The number of hydrogen-bond donors (Lipinski definition) is 0. The standard InChI is InChI=1S/C11H10ClNO2S/c12-10-5-2-1-4-9(10)8-11(13(14)15)6-3-7-16-11/h1-5,7H,6,8H2. The van der Waals surface area contributed by atoms with Crippen LogP contribution < -0.4 is 0 Å². The number of hydrogen-bond acceptors (Lipinski definition) is 3. The summed E-state index contributed by atoms with van der Waals surface area (Å²) in [5.41, 5.74) is 0.831. The van der Waals surface area contributed by atoms with E-state index < -0.39 is 4.87 Å². The van der Waals surface area contributed by atoms with Crippen LogP contribution in [-0.4, -0.2) is 9.79 Å². The molecule has 1 atom stereocenters. The van der Waals surface area contributed by atoms with E-state index >= 15 is 0 Å². The summed E-state index contributed by atoms with van der Waals surface area (Å²) in [6.45, 7) is 0. The number of halogens is 1. The van der Waals surface area contributed by atoms with Crippen LogP contribution in [0.5, 0.6) is 0 Å². The fourth-order valence-corrected chi connectivity index (χ4v) is 2.86. The van der Waals surface area contributed by atoms with E-state index in [1.54, 1.807) is 11.5 Å². The highest BCUT2D eigenvalue weighted by molar-refractivity contribution is 8.03. The zero-order chi connectivity index (χ0) is 11.6. The van der Waals surface area contributed by atoms with Gasteiger partial charge >= 0.3 is 0 Å². The second kappa shape index (κ2) is 4.47. The largest absolute Gasteiger partial charge is 0.278 e. The molecule has 84 valence electrons. The van der Waals surface area contributed by atoms with Crippen LogP contribution in [0.25, 0.3) is 0 Å². The van der Waals surface area contributed by atoms with Crippen LogP contribution in [0.15, 0.2) is 35.7 Å². The van der Waals surface area contributed by atoms with Crippen LogP contribution in [0, 0.1) is 10.1 Å². The molecule has 1 aromatic rings. The van der Waals surface area contributed by atoms with Crippen molar-refractivity contribution >= 4 is 23.4 Å². The number of nitro groups is 1. The lowest BCUT2D eigenvalue weighted by Gasteiger charge is -2.19. The molecule has 0 amide bonds. The van der Waals surface area contributed by atoms with Crippen LogP contribution in [0.2, 0.25) is 5.02 Å². The Balaban J connectivity index is 2.26. The third kappa shape index (κ3) is 2.08. The van der Waals surface area contributed by atoms with E-state index in [1.807, 2.05) is 24.3 Å². The van der Waals surface area contributed by atoms with Gasteiger partial charge in [-0.2, -0.15) is 0 Å². The van der Waals surface area contributed by atoms with Crippen LogP contribution in [-0.2, 0) is 6.42 Å². The normalized spacial score (nSPS) is 23.6. The van der Waals surface area contributed by atoms with E-state index in [9.17, 15) is 10.1 Å². The first-order valence-electron chi connectivity index (χ1n) is 4.85. The van der Waals surface area contributed by atoms with Crippen molar-refractivity contribution in [2.45, 2.75) is 17.7 Å². The van der Waals surface area contributed by atoms with E-state index in [0.29, 0.717) is 17.9 Å². The van der Waals surface area contributed by atoms with Crippen molar-refractivity contribution in [2.75, 3.05) is 0 Å². The lowest BCUT2D eigenvalue weighted by atomic mass is 10.0. The van der Waals surface area contributed by atoms with Crippen molar-refractivity contribution in [2.24, 2.45) is 0 Å². The summed E-state index contributed by atoms with van der Waals surface area (Å²) < 4.78 is 0. The molecule has 0 saturated carbocycles. The first-order valence-corrected chi connectivity index (χ1v) is 6.10. The Bertz CT molecular complexity index is 439. The molecule has 0 radical (unpaired) electrons. The molecule has 0 spiro atoms. The van der Waals surface area contributed by atoms with Gasteiger partial charge in [0.2, 0.25) is 0 Å². The predicted octanol–water partition coefficient (Wildman–Crippen LogP) is 3.51. The van der Waals surface area contributed by atoms with E-state index in [0.717, 1.165) is 5.56 Å². The summed E-state index contributed by atoms with van der Waals surface area (Å²) in [6.07, 6.45) is 2.65. The zero-order valence-electron chi connectivity index (χ0n) is 8.43. The molecule has 1 heterocycles. The zero-order valence-corrected chi connectivity index (χ0v) is 10.0. The van der Waals surface area contributed by atoms with Crippen molar-refractivity contribution < 1.29 is 4.92 Å². The summed E-state index contributed by atoms with van der Waals surface area (Å²) in [5, 5.41) is 13.5. The van der Waals surface area contributed by atoms with Crippen molar-refractivity contribution in [1.82, 2.24) is 0 Å². The first-order chi connectivity index (χ1) is 7.64. The van der Waals surface area contributed by atoms with Crippen LogP contribution in [0.4, 0.5) is 0 Å². The second-order valence-electron chi connectivity index (χ2n) is 3.67. The lowest BCUT2D eigenvalue weighted by molar-refractivity contribution is -0.536. The third-order valence-corrected chi connectivity index (χ3v) is 4.17. The third-order valence-electron chi connectivity index (χ3n) is 2.58. The van der Waals surface area contributed by atoms with Crippen LogP contribution in [0.1, 0.15) is 12.0 Å². The molecule has 0 aliphatic carbocycles. The molecule has 1 aliphatic heterocycles.